The van der Waals surface area contributed by atoms with Crippen molar-refractivity contribution in [3.8, 4) is 5.75 Å². The van der Waals surface area contributed by atoms with Crippen LogP contribution in [0.1, 0.15) is 18.9 Å². The Balaban J connectivity index is 1.42. The van der Waals surface area contributed by atoms with E-state index in [2.05, 4.69) is 5.43 Å². The molecule has 5 atom stereocenters. The van der Waals surface area contributed by atoms with Crippen molar-refractivity contribution in [3.05, 3.63) is 42.0 Å². The number of ether oxygens (including phenoxy) is 1. The molecular weight excluding hydrogens is 320 g/mol. The summed E-state index contributed by atoms with van der Waals surface area (Å²) in [4.78, 5) is 37.5. The van der Waals surface area contributed by atoms with Crippen molar-refractivity contribution < 1.29 is 19.1 Å². The van der Waals surface area contributed by atoms with Crippen LogP contribution in [0, 0.1) is 30.6 Å². The fraction of sp³-hybridized carbons (Fsp3) is 0.421. The second-order valence-electron chi connectivity index (χ2n) is 7.06. The Labute approximate surface area is 145 Å². The molecule has 0 spiro atoms. The number of carbonyl (C=O) groups excluding carboxylic acids is 3. The zero-order chi connectivity index (χ0) is 17.7. The molecular formula is C19H20N2O4. The van der Waals surface area contributed by atoms with Gasteiger partial charge < -0.3 is 4.74 Å². The van der Waals surface area contributed by atoms with Gasteiger partial charge in [0.2, 0.25) is 0 Å². The molecule has 25 heavy (non-hydrogen) atoms. The molecule has 6 nitrogen and oxygen atoms in total. The van der Waals surface area contributed by atoms with Crippen molar-refractivity contribution in [2.75, 3.05) is 0 Å². The third-order valence-electron chi connectivity index (χ3n) is 5.40. The van der Waals surface area contributed by atoms with Gasteiger partial charge in [-0.1, -0.05) is 29.8 Å². The number of fused-ring (bicyclic) bond motifs is 5. The summed E-state index contributed by atoms with van der Waals surface area (Å²) in [7, 11) is 0. The number of allylic oxidation sites excluding steroid dienone is 2. The largest absolute Gasteiger partial charge is 0.481 e. The predicted octanol–water partition coefficient (Wildman–Crippen LogP) is 1.60. The average molecular weight is 340 g/mol. The number of hydrazine groups is 1. The van der Waals surface area contributed by atoms with Gasteiger partial charge in [-0.05, 0) is 44.2 Å². The Morgan fingerprint density at radius 1 is 1.12 bits per heavy atom. The summed E-state index contributed by atoms with van der Waals surface area (Å²) in [5.74, 6) is -0.962. The van der Waals surface area contributed by atoms with Gasteiger partial charge in [0.15, 0.2) is 6.10 Å². The minimum Gasteiger partial charge on any atom is -0.481 e. The van der Waals surface area contributed by atoms with Crippen LogP contribution in [0.15, 0.2) is 36.4 Å². The molecule has 0 radical (unpaired) electrons. The van der Waals surface area contributed by atoms with E-state index in [1.165, 1.54) is 0 Å². The molecule has 1 saturated heterocycles. The lowest BCUT2D eigenvalue weighted by Gasteiger charge is -2.21. The van der Waals surface area contributed by atoms with E-state index >= 15 is 0 Å². The molecule has 2 aliphatic carbocycles. The van der Waals surface area contributed by atoms with Gasteiger partial charge >= 0.3 is 0 Å². The quantitative estimate of drug-likeness (QED) is 0.667. The van der Waals surface area contributed by atoms with E-state index in [1.807, 2.05) is 31.2 Å². The Hall–Kier alpha value is -2.63. The number of rotatable bonds is 4. The zero-order valence-corrected chi connectivity index (χ0v) is 14.1. The number of benzene rings is 1. The van der Waals surface area contributed by atoms with Gasteiger partial charge in [-0.2, -0.15) is 5.01 Å². The molecule has 2 bridgehead atoms. The van der Waals surface area contributed by atoms with Crippen LogP contribution in [0.2, 0.25) is 0 Å². The number of nitrogens with zero attached hydrogens (tertiary/aromatic N) is 1. The third-order valence-corrected chi connectivity index (χ3v) is 5.40. The highest BCUT2D eigenvalue weighted by Crippen LogP contribution is 2.52. The van der Waals surface area contributed by atoms with Gasteiger partial charge in [0.25, 0.3) is 17.7 Å². The third kappa shape index (κ3) is 2.52. The molecule has 1 aromatic carbocycles. The van der Waals surface area contributed by atoms with Crippen molar-refractivity contribution in [3.63, 3.8) is 0 Å². The standard InChI is InChI=1S/C19H20N2O4/c1-10-3-7-14(8-4-10)25-11(2)17(22)20-21-18(23)15-12-5-6-13(9-12)16(15)19(21)24/h3-8,11-13,15-16H,9H2,1-2H3,(H,20,22). The minimum absolute atomic E-state index is 0.120. The van der Waals surface area contributed by atoms with E-state index in [0.29, 0.717) is 5.75 Å². The molecule has 3 amide bonds. The summed E-state index contributed by atoms with van der Waals surface area (Å²) in [5.41, 5.74) is 3.54. The first kappa shape index (κ1) is 15.9. The van der Waals surface area contributed by atoms with Crippen molar-refractivity contribution in [1.82, 2.24) is 10.4 Å². The summed E-state index contributed by atoms with van der Waals surface area (Å²) in [6.07, 6.45) is 4.08. The SMILES string of the molecule is Cc1ccc(OC(C)C(=O)NN2C(=O)C3C4C=CC(C4)C3C2=O)cc1. The van der Waals surface area contributed by atoms with E-state index in [4.69, 9.17) is 4.74 Å². The van der Waals surface area contributed by atoms with Gasteiger partial charge in [-0.3, -0.25) is 19.8 Å². The number of hydrogen-bond acceptors (Lipinski definition) is 4. The molecule has 6 heteroatoms. The van der Waals surface area contributed by atoms with Crippen LogP contribution >= 0.6 is 0 Å². The molecule has 3 aliphatic rings. The molecule has 4 rings (SSSR count). The maximum Gasteiger partial charge on any atom is 0.279 e. The van der Waals surface area contributed by atoms with Crippen LogP contribution in [-0.2, 0) is 14.4 Å². The Kier molecular flexibility index (Phi) is 3.63. The van der Waals surface area contributed by atoms with E-state index < -0.39 is 12.0 Å². The minimum atomic E-state index is -0.821. The van der Waals surface area contributed by atoms with Crippen molar-refractivity contribution >= 4 is 17.7 Å². The van der Waals surface area contributed by atoms with E-state index in [9.17, 15) is 14.4 Å². The molecule has 1 heterocycles. The number of amides is 3. The van der Waals surface area contributed by atoms with E-state index in [1.54, 1.807) is 19.1 Å². The summed E-state index contributed by atoms with van der Waals surface area (Å²) in [5, 5.41) is 0.902. The van der Waals surface area contributed by atoms with Crippen LogP contribution in [0.25, 0.3) is 0 Å². The maximum atomic E-state index is 12.6. The molecule has 5 unspecified atom stereocenters. The van der Waals surface area contributed by atoms with Crippen LogP contribution < -0.4 is 10.2 Å². The molecule has 1 N–H and O–H groups in total. The van der Waals surface area contributed by atoms with Gasteiger partial charge in [-0.15, -0.1) is 0 Å². The second-order valence-corrected chi connectivity index (χ2v) is 7.06. The van der Waals surface area contributed by atoms with Gasteiger partial charge in [-0.25, -0.2) is 0 Å². The van der Waals surface area contributed by atoms with Gasteiger partial charge in [0.05, 0.1) is 11.8 Å². The lowest BCUT2D eigenvalue weighted by atomic mass is 9.85. The van der Waals surface area contributed by atoms with Crippen molar-refractivity contribution in [1.29, 1.82) is 0 Å². The number of nitrogens with one attached hydrogen (secondary N) is 1. The highest BCUT2D eigenvalue weighted by Gasteiger charge is 2.59. The van der Waals surface area contributed by atoms with Crippen molar-refractivity contribution in [2.45, 2.75) is 26.4 Å². The highest BCUT2D eigenvalue weighted by atomic mass is 16.5. The summed E-state index contributed by atoms with van der Waals surface area (Å²) in [6, 6.07) is 7.33. The Morgan fingerprint density at radius 2 is 1.68 bits per heavy atom. The lowest BCUT2D eigenvalue weighted by molar-refractivity contribution is -0.151. The van der Waals surface area contributed by atoms with Crippen LogP contribution in [0.4, 0.5) is 0 Å². The topological polar surface area (TPSA) is 75.7 Å². The number of imide groups is 1. The first-order valence-electron chi connectivity index (χ1n) is 8.55. The molecule has 1 aromatic rings. The summed E-state index contributed by atoms with van der Waals surface area (Å²) < 4.78 is 5.59. The smallest absolute Gasteiger partial charge is 0.279 e. The highest BCUT2D eigenvalue weighted by molar-refractivity contribution is 6.07. The van der Waals surface area contributed by atoms with E-state index in [-0.39, 0.29) is 35.5 Å². The number of hydrogen-bond donors (Lipinski definition) is 1. The first-order chi connectivity index (χ1) is 12.0. The first-order valence-corrected chi connectivity index (χ1v) is 8.55. The number of aryl methyl sites for hydroxylation is 1. The number of carbonyl (C=O) groups is 3. The van der Waals surface area contributed by atoms with Crippen LogP contribution in [0.3, 0.4) is 0 Å². The monoisotopic (exact) mass is 340 g/mol. The molecule has 0 aromatic heterocycles. The average Bonchev–Trinajstić information content (AvgIpc) is 3.26. The maximum absolute atomic E-state index is 12.6. The molecule has 130 valence electrons. The molecule has 1 saturated carbocycles. The second kappa shape index (κ2) is 5.72. The Bertz CT molecular complexity index is 740. The van der Waals surface area contributed by atoms with Crippen LogP contribution in [0.5, 0.6) is 5.75 Å². The Morgan fingerprint density at radius 3 is 2.24 bits per heavy atom. The van der Waals surface area contributed by atoms with Gasteiger partial charge in [0, 0.05) is 0 Å². The molecule has 2 fully saturated rings. The van der Waals surface area contributed by atoms with Crippen molar-refractivity contribution in [2.24, 2.45) is 23.7 Å². The fourth-order valence-corrected chi connectivity index (χ4v) is 4.09. The fourth-order valence-electron chi connectivity index (χ4n) is 4.09. The van der Waals surface area contributed by atoms with Gasteiger partial charge in [0.1, 0.15) is 5.75 Å². The summed E-state index contributed by atoms with van der Waals surface area (Å²) in [6.45, 7) is 3.55. The lowest BCUT2D eigenvalue weighted by Crippen LogP contribution is -2.51. The van der Waals surface area contributed by atoms with Crippen LogP contribution in [-0.4, -0.2) is 28.8 Å². The predicted molar refractivity (Wildman–Crippen MR) is 89.0 cm³/mol. The zero-order valence-electron chi connectivity index (χ0n) is 14.1. The van der Waals surface area contributed by atoms with E-state index in [0.717, 1.165) is 17.0 Å². The molecule has 1 aliphatic heterocycles. The normalized spacial score (nSPS) is 30.6. The summed E-state index contributed by atoms with van der Waals surface area (Å²) >= 11 is 0.